The minimum absolute atomic E-state index is 0.0642. The molecular formula is C45H31NO. The van der Waals surface area contributed by atoms with Crippen LogP contribution in [0.3, 0.4) is 0 Å². The van der Waals surface area contributed by atoms with E-state index in [0.717, 1.165) is 39.0 Å². The Morgan fingerprint density at radius 2 is 1.19 bits per heavy atom. The third-order valence-corrected chi connectivity index (χ3v) is 10.4. The predicted octanol–water partition coefficient (Wildman–Crippen LogP) is 12.8. The second kappa shape index (κ2) is 9.57. The van der Waals surface area contributed by atoms with E-state index >= 15 is 0 Å². The van der Waals surface area contributed by atoms with Crippen LogP contribution in [0.1, 0.15) is 25.0 Å². The molecule has 10 rings (SSSR count). The maximum atomic E-state index is 6.31. The lowest BCUT2D eigenvalue weighted by atomic mass is 9.79. The van der Waals surface area contributed by atoms with Crippen molar-refractivity contribution in [3.63, 3.8) is 0 Å². The van der Waals surface area contributed by atoms with Gasteiger partial charge in [0.2, 0.25) is 0 Å². The number of nitrogens with zero attached hydrogens (tertiary/aromatic N) is 1. The van der Waals surface area contributed by atoms with Gasteiger partial charge in [-0.25, -0.2) is 0 Å². The summed E-state index contributed by atoms with van der Waals surface area (Å²) < 4.78 is 6.31. The second-order valence-corrected chi connectivity index (χ2v) is 13.3. The summed E-state index contributed by atoms with van der Waals surface area (Å²) in [6.07, 6.45) is 0. The Morgan fingerprint density at radius 1 is 0.468 bits per heavy atom. The average Bonchev–Trinajstić information content (AvgIpc) is 3.61. The van der Waals surface area contributed by atoms with Crippen LogP contribution in [0.4, 0.5) is 17.1 Å². The summed E-state index contributed by atoms with van der Waals surface area (Å²) in [5.41, 5.74) is 10.6. The van der Waals surface area contributed by atoms with Gasteiger partial charge in [-0.2, -0.15) is 0 Å². The monoisotopic (exact) mass is 601 g/mol. The Labute approximate surface area is 273 Å². The molecule has 1 heterocycles. The Bertz CT molecular complexity index is 2720. The Balaban J connectivity index is 1.22. The van der Waals surface area contributed by atoms with E-state index in [1.54, 1.807) is 0 Å². The van der Waals surface area contributed by atoms with Gasteiger partial charge in [0.15, 0.2) is 0 Å². The highest BCUT2D eigenvalue weighted by Crippen LogP contribution is 2.52. The van der Waals surface area contributed by atoms with Crippen molar-refractivity contribution in [1.29, 1.82) is 0 Å². The van der Waals surface area contributed by atoms with Gasteiger partial charge in [-0.1, -0.05) is 123 Å². The van der Waals surface area contributed by atoms with Gasteiger partial charge in [0.25, 0.3) is 0 Å². The molecule has 9 aromatic rings. The van der Waals surface area contributed by atoms with E-state index in [1.165, 1.54) is 54.6 Å². The number of hydrogen-bond acceptors (Lipinski definition) is 2. The highest BCUT2D eigenvalue weighted by Gasteiger charge is 2.36. The lowest BCUT2D eigenvalue weighted by molar-refractivity contribution is 0.666. The third-order valence-electron chi connectivity index (χ3n) is 10.4. The van der Waals surface area contributed by atoms with Gasteiger partial charge in [0.05, 0.1) is 11.1 Å². The van der Waals surface area contributed by atoms with E-state index in [9.17, 15) is 0 Å². The molecule has 0 saturated heterocycles. The Morgan fingerprint density at radius 3 is 2.11 bits per heavy atom. The topological polar surface area (TPSA) is 16.4 Å². The van der Waals surface area contributed by atoms with Gasteiger partial charge >= 0.3 is 0 Å². The van der Waals surface area contributed by atoms with Gasteiger partial charge < -0.3 is 9.32 Å². The van der Waals surface area contributed by atoms with Gasteiger partial charge in [0, 0.05) is 22.2 Å². The molecule has 0 amide bonds. The number of benzene rings is 8. The molecule has 2 heteroatoms. The lowest BCUT2D eigenvalue weighted by Crippen LogP contribution is -2.15. The van der Waals surface area contributed by atoms with Crippen molar-refractivity contribution >= 4 is 71.3 Å². The molecule has 0 atom stereocenters. The molecule has 0 fully saturated rings. The average molecular weight is 602 g/mol. The molecule has 0 unspecified atom stereocenters. The van der Waals surface area contributed by atoms with E-state index in [-0.39, 0.29) is 5.41 Å². The first kappa shape index (κ1) is 26.4. The van der Waals surface area contributed by atoms with E-state index in [4.69, 9.17) is 4.42 Å². The first-order valence-electron chi connectivity index (χ1n) is 16.4. The van der Waals surface area contributed by atoms with Crippen molar-refractivity contribution in [1.82, 2.24) is 0 Å². The van der Waals surface area contributed by atoms with Crippen molar-refractivity contribution in [2.45, 2.75) is 19.3 Å². The molecule has 1 aliphatic carbocycles. The number of fused-ring (bicyclic) bond motifs is 12. The number of hydrogen-bond donors (Lipinski definition) is 0. The van der Waals surface area contributed by atoms with E-state index in [1.807, 2.05) is 12.1 Å². The molecule has 0 aliphatic heterocycles. The Kier molecular flexibility index (Phi) is 5.37. The van der Waals surface area contributed by atoms with Crippen LogP contribution in [0.15, 0.2) is 156 Å². The summed E-state index contributed by atoms with van der Waals surface area (Å²) in [5.74, 6) is 0. The van der Waals surface area contributed by atoms with Crippen LogP contribution in [-0.4, -0.2) is 0 Å². The smallest absolute Gasteiger partial charge is 0.137 e. The normalized spacial score (nSPS) is 13.5. The summed E-state index contributed by atoms with van der Waals surface area (Å²) in [6.45, 7) is 4.75. The molecule has 1 aliphatic rings. The highest BCUT2D eigenvalue weighted by atomic mass is 16.3. The first-order chi connectivity index (χ1) is 23.1. The summed E-state index contributed by atoms with van der Waals surface area (Å²) in [6, 6.07) is 55.1. The number of furan rings is 1. The van der Waals surface area contributed by atoms with Crippen molar-refractivity contribution in [2.24, 2.45) is 0 Å². The zero-order valence-electron chi connectivity index (χ0n) is 26.3. The molecule has 8 aromatic carbocycles. The van der Waals surface area contributed by atoms with Crippen LogP contribution in [0.25, 0.3) is 65.4 Å². The summed E-state index contributed by atoms with van der Waals surface area (Å²) in [5, 5.41) is 9.97. The summed E-state index contributed by atoms with van der Waals surface area (Å²) in [7, 11) is 0. The van der Waals surface area contributed by atoms with Gasteiger partial charge in [-0.3, -0.25) is 0 Å². The maximum absolute atomic E-state index is 6.31. The van der Waals surface area contributed by atoms with Crippen molar-refractivity contribution in [2.75, 3.05) is 4.90 Å². The van der Waals surface area contributed by atoms with Crippen LogP contribution in [-0.2, 0) is 5.41 Å². The third kappa shape index (κ3) is 3.67. The fourth-order valence-corrected chi connectivity index (χ4v) is 8.34. The molecular weight excluding hydrogens is 571 g/mol. The fraction of sp³-hybridized carbons (Fsp3) is 0.0667. The van der Waals surface area contributed by atoms with Crippen molar-refractivity contribution < 1.29 is 4.42 Å². The molecule has 2 nitrogen and oxygen atoms in total. The number of anilines is 3. The minimum Gasteiger partial charge on any atom is -0.456 e. The second-order valence-electron chi connectivity index (χ2n) is 13.3. The van der Waals surface area contributed by atoms with Crippen LogP contribution >= 0.6 is 0 Å². The van der Waals surface area contributed by atoms with Crippen molar-refractivity contribution in [3.8, 4) is 11.1 Å². The van der Waals surface area contributed by atoms with E-state index < -0.39 is 0 Å². The molecule has 47 heavy (non-hydrogen) atoms. The molecule has 0 bridgehead atoms. The number of rotatable bonds is 3. The summed E-state index contributed by atoms with van der Waals surface area (Å²) in [4.78, 5) is 2.36. The van der Waals surface area contributed by atoms with Gasteiger partial charge in [-0.15, -0.1) is 0 Å². The lowest BCUT2D eigenvalue weighted by Gasteiger charge is -2.27. The maximum Gasteiger partial charge on any atom is 0.137 e. The van der Waals surface area contributed by atoms with Crippen LogP contribution in [0.5, 0.6) is 0 Å². The quantitative estimate of drug-likeness (QED) is 0.187. The SMILES string of the molecule is CC1(C)c2ccccc2-c2ccc3c(ccc4ccc5cc(N(c6ccccc6)c6cccc7oc8ccccc8c67)ccc5c43)c21. The highest BCUT2D eigenvalue weighted by molar-refractivity contribution is 6.22. The molecule has 0 saturated carbocycles. The van der Waals surface area contributed by atoms with Crippen molar-refractivity contribution in [3.05, 3.63) is 163 Å². The fourth-order valence-electron chi connectivity index (χ4n) is 8.34. The minimum atomic E-state index is -0.0642. The molecule has 1 aromatic heterocycles. The Hall–Kier alpha value is -5.86. The largest absolute Gasteiger partial charge is 0.456 e. The molecule has 0 radical (unpaired) electrons. The molecule has 0 N–H and O–H groups in total. The zero-order chi connectivity index (χ0) is 31.3. The molecule has 0 spiro atoms. The van der Waals surface area contributed by atoms with Crippen LogP contribution in [0, 0.1) is 0 Å². The van der Waals surface area contributed by atoms with E-state index in [2.05, 4.69) is 158 Å². The standard InChI is InChI=1S/C45H31NO/c1-45(2)38-15-8-6-13-33(38)35-26-25-34-36(44(35)45)23-21-28-19-20-29-27-31(22-24-32(29)42(28)34)46(30-11-4-3-5-12-30)39-16-10-18-41-43(39)37-14-7-9-17-40(37)47-41/h3-27H,1-2H3. The first-order valence-corrected chi connectivity index (χ1v) is 16.4. The van der Waals surface area contributed by atoms with E-state index in [0.29, 0.717) is 0 Å². The predicted molar refractivity (Wildman–Crippen MR) is 198 cm³/mol. The zero-order valence-corrected chi connectivity index (χ0v) is 26.3. The number of para-hydroxylation sites is 2. The van der Waals surface area contributed by atoms with Crippen LogP contribution in [0.2, 0.25) is 0 Å². The van der Waals surface area contributed by atoms with Crippen LogP contribution < -0.4 is 4.90 Å². The molecule has 222 valence electrons. The van der Waals surface area contributed by atoms with Gasteiger partial charge in [0.1, 0.15) is 11.2 Å². The summed E-state index contributed by atoms with van der Waals surface area (Å²) >= 11 is 0. The van der Waals surface area contributed by atoms with Gasteiger partial charge in [-0.05, 0) is 97.0 Å².